The fraction of sp³-hybridized carbons (Fsp3) is 0.357. The lowest BCUT2D eigenvalue weighted by atomic mass is 10.3. The van der Waals surface area contributed by atoms with Gasteiger partial charge in [-0.2, -0.15) is 0 Å². The third kappa shape index (κ3) is 4.00. The second-order valence-electron chi connectivity index (χ2n) is 4.18. The average Bonchev–Trinajstić information content (AvgIpc) is 2.82. The molecule has 0 fully saturated rings. The first-order chi connectivity index (χ1) is 9.72. The number of hydrogen-bond acceptors (Lipinski definition) is 5. The number of rotatable bonds is 7. The molecule has 4 nitrogen and oxygen atoms in total. The highest BCUT2D eigenvalue weighted by Gasteiger charge is 2.11. The van der Waals surface area contributed by atoms with Crippen LogP contribution in [-0.2, 0) is 24.5 Å². The fourth-order valence-electron chi connectivity index (χ4n) is 1.72. The third-order valence-corrected chi connectivity index (χ3v) is 3.69. The Morgan fingerprint density at radius 1 is 1.25 bits per heavy atom. The lowest BCUT2D eigenvalue weighted by Gasteiger charge is -2.03. The molecule has 1 N–H and O–H groups in total. The molecule has 0 amide bonds. The molecule has 0 spiro atoms. The third-order valence-electron chi connectivity index (χ3n) is 2.62. The Morgan fingerprint density at radius 3 is 2.65 bits per heavy atom. The number of ether oxygens (including phenoxy) is 2. The van der Waals surface area contributed by atoms with E-state index in [4.69, 9.17) is 9.47 Å². The topological polar surface area (TPSA) is 43.4 Å². The summed E-state index contributed by atoms with van der Waals surface area (Å²) in [6.07, 6.45) is 0. The zero-order valence-electron chi connectivity index (χ0n) is 11.5. The van der Waals surface area contributed by atoms with Crippen LogP contribution in [0.2, 0.25) is 0 Å². The van der Waals surface area contributed by atoms with E-state index in [9.17, 15) is 4.39 Å². The van der Waals surface area contributed by atoms with Crippen LogP contribution in [0.3, 0.4) is 0 Å². The molecule has 0 radical (unpaired) electrons. The van der Waals surface area contributed by atoms with Gasteiger partial charge in [-0.1, -0.05) is 0 Å². The molecule has 1 aromatic heterocycles. The van der Waals surface area contributed by atoms with Crippen molar-refractivity contribution in [2.45, 2.75) is 19.8 Å². The van der Waals surface area contributed by atoms with E-state index < -0.39 is 0 Å². The first-order valence-corrected chi connectivity index (χ1v) is 7.04. The predicted molar refractivity (Wildman–Crippen MR) is 76.3 cm³/mol. The van der Waals surface area contributed by atoms with Gasteiger partial charge < -0.3 is 14.8 Å². The number of aromatic nitrogens is 1. The second kappa shape index (κ2) is 7.33. The summed E-state index contributed by atoms with van der Waals surface area (Å²) in [5.41, 5.74) is 0.935. The molecule has 0 unspecified atom stereocenters. The van der Waals surface area contributed by atoms with Gasteiger partial charge in [0.2, 0.25) is 0 Å². The van der Waals surface area contributed by atoms with Crippen molar-refractivity contribution in [1.82, 2.24) is 10.3 Å². The number of methoxy groups -OCH3 is 1. The maximum Gasteiger partial charge on any atom is 0.140 e. The summed E-state index contributed by atoms with van der Waals surface area (Å²) >= 11 is 1.59. The van der Waals surface area contributed by atoms with Crippen LogP contribution in [0.15, 0.2) is 24.3 Å². The number of thiazole rings is 1. The molecule has 0 saturated carbocycles. The quantitative estimate of drug-likeness (QED) is 0.853. The maximum atomic E-state index is 12.8. The minimum Gasteiger partial charge on any atom is -0.486 e. The monoisotopic (exact) mass is 296 g/mol. The van der Waals surface area contributed by atoms with E-state index in [2.05, 4.69) is 10.3 Å². The standard InChI is InChI=1S/C14H17FN2O2S/c1-16-7-13-12(8-18-2)17-14(20-13)9-19-11-5-3-10(15)4-6-11/h3-6,16H,7-9H2,1-2H3. The molecule has 6 heteroatoms. The van der Waals surface area contributed by atoms with Crippen LogP contribution in [-0.4, -0.2) is 19.1 Å². The van der Waals surface area contributed by atoms with Gasteiger partial charge in [0.25, 0.3) is 0 Å². The van der Waals surface area contributed by atoms with Crippen LogP contribution < -0.4 is 10.1 Å². The molecule has 1 heterocycles. The summed E-state index contributed by atoms with van der Waals surface area (Å²) in [4.78, 5) is 5.65. The molecular formula is C14H17FN2O2S. The molecule has 2 aromatic rings. The van der Waals surface area contributed by atoms with E-state index in [0.29, 0.717) is 19.0 Å². The first-order valence-electron chi connectivity index (χ1n) is 6.22. The smallest absolute Gasteiger partial charge is 0.140 e. The summed E-state index contributed by atoms with van der Waals surface area (Å²) in [5, 5.41) is 3.99. The van der Waals surface area contributed by atoms with E-state index in [1.807, 2.05) is 7.05 Å². The number of benzene rings is 1. The van der Waals surface area contributed by atoms with Crippen LogP contribution >= 0.6 is 11.3 Å². The molecule has 0 atom stereocenters. The van der Waals surface area contributed by atoms with Crippen LogP contribution in [0.5, 0.6) is 5.75 Å². The molecule has 0 saturated heterocycles. The minimum atomic E-state index is -0.273. The molecule has 0 bridgehead atoms. The molecule has 0 aliphatic heterocycles. The summed E-state index contributed by atoms with van der Waals surface area (Å²) in [5.74, 6) is 0.357. The normalized spacial score (nSPS) is 10.8. The molecule has 1 aromatic carbocycles. The number of hydrogen-bond donors (Lipinski definition) is 1. The van der Waals surface area contributed by atoms with Gasteiger partial charge in [0.15, 0.2) is 0 Å². The molecule has 108 valence electrons. The van der Waals surface area contributed by atoms with Crippen LogP contribution in [0.4, 0.5) is 4.39 Å². The van der Waals surface area contributed by atoms with Crippen molar-refractivity contribution in [2.24, 2.45) is 0 Å². The number of nitrogens with zero attached hydrogens (tertiary/aromatic N) is 1. The number of halogens is 1. The summed E-state index contributed by atoms with van der Waals surface area (Å²) in [6, 6.07) is 5.96. The molecule has 20 heavy (non-hydrogen) atoms. The highest BCUT2D eigenvalue weighted by Crippen LogP contribution is 2.21. The Bertz CT molecular complexity index is 519. The lowest BCUT2D eigenvalue weighted by Crippen LogP contribution is -2.06. The summed E-state index contributed by atoms with van der Waals surface area (Å²) in [7, 11) is 3.54. The Morgan fingerprint density at radius 2 is 2.00 bits per heavy atom. The lowest BCUT2D eigenvalue weighted by molar-refractivity contribution is 0.180. The summed E-state index contributed by atoms with van der Waals surface area (Å²) < 4.78 is 23.5. The van der Waals surface area contributed by atoms with Crippen LogP contribution in [0.1, 0.15) is 15.6 Å². The van der Waals surface area contributed by atoms with Gasteiger partial charge in [0.05, 0.1) is 12.3 Å². The highest BCUT2D eigenvalue weighted by atomic mass is 32.1. The Kier molecular flexibility index (Phi) is 5.46. The minimum absolute atomic E-state index is 0.273. The van der Waals surface area contributed by atoms with Crippen molar-refractivity contribution < 1.29 is 13.9 Å². The Balaban J connectivity index is 2.01. The van der Waals surface area contributed by atoms with Gasteiger partial charge in [0.1, 0.15) is 23.2 Å². The van der Waals surface area contributed by atoms with Crippen molar-refractivity contribution in [3.8, 4) is 5.75 Å². The molecule has 2 rings (SSSR count). The van der Waals surface area contributed by atoms with Gasteiger partial charge in [0, 0.05) is 18.5 Å². The molecule has 0 aliphatic rings. The van der Waals surface area contributed by atoms with Crippen molar-refractivity contribution in [1.29, 1.82) is 0 Å². The zero-order chi connectivity index (χ0) is 14.4. The van der Waals surface area contributed by atoms with E-state index in [1.54, 1.807) is 30.6 Å². The van der Waals surface area contributed by atoms with Crippen LogP contribution in [0, 0.1) is 5.82 Å². The SMILES string of the molecule is CNCc1sc(COc2ccc(F)cc2)nc1COC. The van der Waals surface area contributed by atoms with Gasteiger partial charge in [-0.3, -0.25) is 0 Å². The Labute approximate surface area is 121 Å². The van der Waals surface area contributed by atoms with Crippen molar-refractivity contribution in [3.05, 3.63) is 45.7 Å². The van der Waals surface area contributed by atoms with E-state index in [0.717, 1.165) is 22.1 Å². The summed E-state index contributed by atoms with van der Waals surface area (Å²) in [6.45, 7) is 1.62. The Hall–Kier alpha value is -1.50. The van der Waals surface area contributed by atoms with Gasteiger partial charge >= 0.3 is 0 Å². The second-order valence-corrected chi connectivity index (χ2v) is 5.35. The maximum absolute atomic E-state index is 12.8. The van der Waals surface area contributed by atoms with E-state index in [1.165, 1.54) is 12.1 Å². The molecular weight excluding hydrogens is 279 g/mol. The first kappa shape index (κ1) is 14.9. The van der Waals surface area contributed by atoms with Gasteiger partial charge in [-0.05, 0) is 31.3 Å². The largest absolute Gasteiger partial charge is 0.486 e. The zero-order valence-corrected chi connectivity index (χ0v) is 12.3. The predicted octanol–water partition coefficient (Wildman–Crippen LogP) is 2.73. The van der Waals surface area contributed by atoms with Crippen molar-refractivity contribution >= 4 is 11.3 Å². The van der Waals surface area contributed by atoms with E-state index >= 15 is 0 Å². The highest BCUT2D eigenvalue weighted by molar-refractivity contribution is 7.11. The van der Waals surface area contributed by atoms with Gasteiger partial charge in [-0.15, -0.1) is 11.3 Å². The average molecular weight is 296 g/mol. The van der Waals surface area contributed by atoms with Gasteiger partial charge in [-0.25, -0.2) is 9.37 Å². The molecule has 0 aliphatic carbocycles. The van der Waals surface area contributed by atoms with Crippen molar-refractivity contribution in [2.75, 3.05) is 14.2 Å². The number of nitrogens with one attached hydrogen (secondary N) is 1. The van der Waals surface area contributed by atoms with Crippen molar-refractivity contribution in [3.63, 3.8) is 0 Å². The van der Waals surface area contributed by atoms with E-state index in [-0.39, 0.29) is 5.82 Å². The fourth-order valence-corrected chi connectivity index (χ4v) is 2.72. The van der Waals surface area contributed by atoms with Crippen LogP contribution in [0.25, 0.3) is 0 Å².